The average Bonchev–Trinajstić information content (AvgIpc) is 2.37. The molecule has 1 heterocycles. The third-order valence-corrected chi connectivity index (χ3v) is 3.83. The summed E-state index contributed by atoms with van der Waals surface area (Å²) < 4.78 is 6.25. The molecule has 2 rings (SSSR count). The maximum Gasteiger partial charge on any atom is 0.252 e. The molecule has 1 aromatic carbocycles. The number of aryl methyl sites for hydroxylation is 1. The number of carbonyl (C=O) groups excluding carboxylic acids is 1. The molecular weight excluding hydrogens is 294 g/mol. The van der Waals surface area contributed by atoms with E-state index >= 15 is 0 Å². The van der Waals surface area contributed by atoms with Crippen molar-refractivity contribution in [3.8, 4) is 0 Å². The molecule has 0 bridgehead atoms. The van der Waals surface area contributed by atoms with Crippen LogP contribution in [0.1, 0.15) is 28.8 Å². The fourth-order valence-electron chi connectivity index (χ4n) is 2.10. The molecule has 1 saturated heterocycles. The number of rotatable bonds is 3. The van der Waals surface area contributed by atoms with Crippen molar-refractivity contribution in [3.63, 3.8) is 0 Å². The first-order chi connectivity index (χ1) is 8.66. The lowest BCUT2D eigenvalue weighted by Gasteiger charge is -2.22. The second-order valence-corrected chi connectivity index (χ2v) is 5.63. The molecule has 1 atom stereocenters. The summed E-state index contributed by atoms with van der Waals surface area (Å²) in [5, 5.41) is 2.98. The van der Waals surface area contributed by atoms with Crippen molar-refractivity contribution in [1.29, 1.82) is 0 Å². The zero-order valence-electron chi connectivity index (χ0n) is 10.5. The highest BCUT2D eigenvalue weighted by Gasteiger charge is 2.16. The molecule has 0 aromatic heterocycles. The Morgan fingerprint density at radius 1 is 1.56 bits per heavy atom. The molecule has 0 saturated carbocycles. The van der Waals surface area contributed by atoms with Crippen LogP contribution in [0.4, 0.5) is 0 Å². The molecule has 1 aliphatic heterocycles. The van der Waals surface area contributed by atoms with Gasteiger partial charge in [-0.15, -0.1) is 0 Å². The quantitative estimate of drug-likeness (QED) is 0.932. The van der Waals surface area contributed by atoms with Gasteiger partial charge in [0.25, 0.3) is 5.91 Å². The maximum atomic E-state index is 12.0. The molecule has 98 valence electrons. The number of carbonyl (C=O) groups is 1. The molecule has 0 aliphatic carbocycles. The maximum absolute atomic E-state index is 12.0. The van der Waals surface area contributed by atoms with E-state index in [9.17, 15) is 4.79 Å². The largest absolute Gasteiger partial charge is 0.381 e. The predicted molar refractivity (Wildman–Crippen MR) is 74.8 cm³/mol. The van der Waals surface area contributed by atoms with E-state index in [1.165, 1.54) is 0 Å². The van der Waals surface area contributed by atoms with Crippen LogP contribution >= 0.6 is 15.9 Å². The monoisotopic (exact) mass is 311 g/mol. The number of benzene rings is 1. The normalized spacial score (nSPS) is 19.6. The first kappa shape index (κ1) is 13.6. The molecule has 4 heteroatoms. The Morgan fingerprint density at radius 3 is 3.06 bits per heavy atom. The SMILES string of the molecule is Cc1ccc(C(=O)NCC2CCCOC2)c(Br)c1. The Bertz CT molecular complexity index is 428. The third kappa shape index (κ3) is 3.56. The van der Waals surface area contributed by atoms with Gasteiger partial charge in [0.2, 0.25) is 0 Å². The summed E-state index contributed by atoms with van der Waals surface area (Å²) in [4.78, 5) is 12.0. The van der Waals surface area contributed by atoms with Crippen LogP contribution in [-0.4, -0.2) is 25.7 Å². The van der Waals surface area contributed by atoms with Crippen molar-refractivity contribution in [2.24, 2.45) is 5.92 Å². The minimum absolute atomic E-state index is 0.0209. The molecule has 3 nitrogen and oxygen atoms in total. The Kier molecular flexibility index (Phi) is 4.78. The van der Waals surface area contributed by atoms with Crippen LogP contribution in [-0.2, 0) is 4.74 Å². The van der Waals surface area contributed by atoms with E-state index in [0.717, 1.165) is 36.1 Å². The van der Waals surface area contributed by atoms with Crippen molar-refractivity contribution in [1.82, 2.24) is 5.32 Å². The van der Waals surface area contributed by atoms with Gasteiger partial charge in [-0.3, -0.25) is 4.79 Å². The van der Waals surface area contributed by atoms with E-state index in [-0.39, 0.29) is 5.91 Å². The van der Waals surface area contributed by atoms with E-state index < -0.39 is 0 Å². The van der Waals surface area contributed by atoms with Gasteiger partial charge in [-0.25, -0.2) is 0 Å². The van der Waals surface area contributed by atoms with Gasteiger partial charge >= 0.3 is 0 Å². The van der Waals surface area contributed by atoms with E-state index in [1.54, 1.807) is 0 Å². The van der Waals surface area contributed by atoms with Crippen LogP contribution in [0.5, 0.6) is 0 Å². The van der Waals surface area contributed by atoms with Crippen molar-refractivity contribution in [2.75, 3.05) is 19.8 Å². The Labute approximate surface area is 116 Å². The van der Waals surface area contributed by atoms with Crippen molar-refractivity contribution in [3.05, 3.63) is 33.8 Å². The molecule has 1 fully saturated rings. The van der Waals surface area contributed by atoms with Gasteiger partial charge < -0.3 is 10.1 Å². The Morgan fingerprint density at radius 2 is 2.39 bits per heavy atom. The highest BCUT2D eigenvalue weighted by Crippen LogP contribution is 2.18. The number of ether oxygens (including phenoxy) is 1. The molecule has 1 unspecified atom stereocenters. The summed E-state index contributed by atoms with van der Waals surface area (Å²) in [6, 6.07) is 5.76. The van der Waals surface area contributed by atoms with Gasteiger partial charge in [-0.1, -0.05) is 6.07 Å². The first-order valence-electron chi connectivity index (χ1n) is 6.29. The minimum atomic E-state index is -0.0209. The Hall–Kier alpha value is -0.870. The van der Waals surface area contributed by atoms with Gasteiger partial charge in [0, 0.05) is 17.6 Å². The van der Waals surface area contributed by atoms with Gasteiger partial charge in [0.15, 0.2) is 0 Å². The highest BCUT2D eigenvalue weighted by molar-refractivity contribution is 9.10. The number of amides is 1. The summed E-state index contributed by atoms with van der Waals surface area (Å²) in [6.45, 7) is 4.31. The number of hydrogen-bond donors (Lipinski definition) is 1. The molecule has 0 radical (unpaired) electrons. The summed E-state index contributed by atoms with van der Waals surface area (Å²) >= 11 is 3.43. The van der Waals surface area contributed by atoms with Crippen LogP contribution in [0, 0.1) is 12.8 Å². The number of nitrogens with one attached hydrogen (secondary N) is 1. The highest BCUT2D eigenvalue weighted by atomic mass is 79.9. The summed E-state index contributed by atoms with van der Waals surface area (Å²) in [6.07, 6.45) is 2.23. The van der Waals surface area contributed by atoms with Gasteiger partial charge in [-0.2, -0.15) is 0 Å². The topological polar surface area (TPSA) is 38.3 Å². The van der Waals surface area contributed by atoms with E-state index in [4.69, 9.17) is 4.74 Å². The molecular formula is C14H18BrNO2. The van der Waals surface area contributed by atoms with Gasteiger partial charge in [0.05, 0.1) is 12.2 Å². The van der Waals surface area contributed by atoms with E-state index in [0.29, 0.717) is 18.0 Å². The van der Waals surface area contributed by atoms with Crippen LogP contribution < -0.4 is 5.32 Å². The second kappa shape index (κ2) is 6.34. The standard InChI is InChI=1S/C14H18BrNO2/c1-10-4-5-12(13(15)7-10)14(17)16-8-11-3-2-6-18-9-11/h4-5,7,11H,2-3,6,8-9H2,1H3,(H,16,17). The molecule has 1 aliphatic rings. The first-order valence-corrected chi connectivity index (χ1v) is 7.08. The fourth-order valence-corrected chi connectivity index (χ4v) is 2.78. The molecule has 1 amide bonds. The fraction of sp³-hybridized carbons (Fsp3) is 0.500. The van der Waals surface area contributed by atoms with Crippen LogP contribution in [0.2, 0.25) is 0 Å². The molecule has 1 aromatic rings. The smallest absolute Gasteiger partial charge is 0.252 e. The van der Waals surface area contributed by atoms with Crippen molar-refractivity contribution >= 4 is 21.8 Å². The van der Waals surface area contributed by atoms with Crippen LogP contribution in [0.3, 0.4) is 0 Å². The molecule has 0 spiro atoms. The van der Waals surface area contributed by atoms with Gasteiger partial charge in [-0.05, 0) is 59.3 Å². The van der Waals surface area contributed by atoms with E-state index in [2.05, 4.69) is 21.2 Å². The van der Waals surface area contributed by atoms with Crippen LogP contribution in [0.15, 0.2) is 22.7 Å². The van der Waals surface area contributed by atoms with Crippen molar-refractivity contribution in [2.45, 2.75) is 19.8 Å². The summed E-state index contributed by atoms with van der Waals surface area (Å²) in [5.74, 6) is 0.430. The zero-order valence-corrected chi connectivity index (χ0v) is 12.1. The van der Waals surface area contributed by atoms with Gasteiger partial charge in [0.1, 0.15) is 0 Å². The molecule has 1 N–H and O–H groups in total. The summed E-state index contributed by atoms with van der Waals surface area (Å²) in [7, 11) is 0. The zero-order chi connectivity index (χ0) is 13.0. The van der Waals surface area contributed by atoms with Crippen LogP contribution in [0.25, 0.3) is 0 Å². The average molecular weight is 312 g/mol. The molecule has 18 heavy (non-hydrogen) atoms. The number of halogens is 1. The van der Waals surface area contributed by atoms with E-state index in [1.807, 2.05) is 25.1 Å². The lowest BCUT2D eigenvalue weighted by molar-refractivity contribution is 0.0536. The lowest BCUT2D eigenvalue weighted by atomic mass is 10.0. The predicted octanol–water partition coefficient (Wildman–Crippen LogP) is 2.91. The number of hydrogen-bond acceptors (Lipinski definition) is 2. The summed E-state index contributed by atoms with van der Waals surface area (Å²) in [5.41, 5.74) is 1.83. The minimum Gasteiger partial charge on any atom is -0.381 e. The third-order valence-electron chi connectivity index (χ3n) is 3.18. The second-order valence-electron chi connectivity index (χ2n) is 4.78. The lowest BCUT2D eigenvalue weighted by Crippen LogP contribution is -2.33. The van der Waals surface area contributed by atoms with Crippen molar-refractivity contribution < 1.29 is 9.53 Å². The Balaban J connectivity index is 1.90.